The van der Waals surface area contributed by atoms with Gasteiger partial charge in [-0.15, -0.1) is 0 Å². The van der Waals surface area contributed by atoms with E-state index in [1.165, 1.54) is 11.3 Å². The first-order chi connectivity index (χ1) is 18.5. The predicted molar refractivity (Wildman–Crippen MR) is 152 cm³/mol. The molecular weight excluding hydrogens is 470 g/mol. The van der Waals surface area contributed by atoms with E-state index in [9.17, 15) is 10.1 Å². The Hall–Kier alpha value is -4.30. The van der Waals surface area contributed by atoms with Crippen molar-refractivity contribution < 1.29 is 9.53 Å². The molecule has 0 aliphatic carbocycles. The molecule has 38 heavy (non-hydrogen) atoms. The highest BCUT2D eigenvalue weighted by Crippen LogP contribution is 2.47. The first-order valence-electron chi connectivity index (χ1n) is 13.1. The Morgan fingerprint density at radius 3 is 2.24 bits per heavy atom. The van der Waals surface area contributed by atoms with E-state index in [4.69, 9.17) is 4.74 Å². The van der Waals surface area contributed by atoms with Crippen LogP contribution in [0.3, 0.4) is 0 Å². The zero-order valence-electron chi connectivity index (χ0n) is 22.2. The lowest BCUT2D eigenvalue weighted by atomic mass is 9.68. The van der Waals surface area contributed by atoms with Crippen molar-refractivity contribution in [1.82, 2.24) is 4.90 Å². The Labute approximate surface area is 224 Å². The molecule has 1 unspecified atom stereocenters. The first-order valence-corrected chi connectivity index (χ1v) is 13.1. The molecule has 4 aromatic carbocycles. The molecule has 5 rings (SSSR count). The summed E-state index contributed by atoms with van der Waals surface area (Å²) >= 11 is 0. The predicted octanol–water partition coefficient (Wildman–Crippen LogP) is 6.17. The molecule has 192 valence electrons. The number of para-hydroxylation sites is 2. The fourth-order valence-corrected chi connectivity index (χ4v) is 5.83. The number of methoxy groups -OCH3 is 1. The Morgan fingerprint density at radius 1 is 0.868 bits per heavy atom. The average molecular weight is 504 g/mol. The minimum Gasteiger partial charge on any atom is -0.496 e. The Kier molecular flexibility index (Phi) is 7.07. The molecule has 1 amide bonds. The maximum Gasteiger partial charge on any atom is 0.243 e. The van der Waals surface area contributed by atoms with Crippen molar-refractivity contribution in [3.63, 3.8) is 0 Å². The van der Waals surface area contributed by atoms with Gasteiger partial charge in [-0.1, -0.05) is 78.9 Å². The summed E-state index contributed by atoms with van der Waals surface area (Å²) in [6.45, 7) is 6.50. The molecule has 4 aromatic rings. The second-order valence-corrected chi connectivity index (χ2v) is 10.1. The van der Waals surface area contributed by atoms with Crippen LogP contribution in [0.2, 0.25) is 0 Å². The summed E-state index contributed by atoms with van der Waals surface area (Å²) in [5, 5.41) is 12.8. The third kappa shape index (κ3) is 4.48. The number of carbonyl (C=O) groups excluding carboxylic acids is 1. The van der Waals surface area contributed by atoms with Crippen LogP contribution < -0.4 is 9.64 Å². The van der Waals surface area contributed by atoms with Crippen molar-refractivity contribution in [2.45, 2.75) is 19.8 Å². The van der Waals surface area contributed by atoms with Gasteiger partial charge in [-0.25, -0.2) is 0 Å². The van der Waals surface area contributed by atoms with Crippen LogP contribution >= 0.6 is 0 Å². The van der Waals surface area contributed by atoms with Crippen molar-refractivity contribution in [3.05, 3.63) is 108 Å². The lowest BCUT2D eigenvalue weighted by Gasteiger charge is -2.41. The number of rotatable bonds is 6. The van der Waals surface area contributed by atoms with E-state index in [0.29, 0.717) is 18.8 Å². The molecule has 1 aliphatic heterocycles. The Bertz CT molecular complexity index is 1490. The summed E-state index contributed by atoms with van der Waals surface area (Å²) in [6, 6.07) is 32.8. The van der Waals surface area contributed by atoms with Gasteiger partial charge in [-0.2, -0.15) is 5.26 Å². The van der Waals surface area contributed by atoms with Crippen LogP contribution in [-0.4, -0.2) is 44.1 Å². The van der Waals surface area contributed by atoms with E-state index in [0.717, 1.165) is 35.0 Å². The molecule has 1 fully saturated rings. The smallest absolute Gasteiger partial charge is 0.243 e. The third-order valence-electron chi connectivity index (χ3n) is 7.86. The van der Waals surface area contributed by atoms with Crippen molar-refractivity contribution in [2.75, 3.05) is 38.2 Å². The fourth-order valence-electron chi connectivity index (χ4n) is 5.83. The number of anilines is 1. The number of hydrogen-bond donors (Lipinski definition) is 0. The number of aryl methyl sites for hydroxylation is 1. The standard InChI is InChI=1S/C33H33N3O2/c1-24-11-4-8-17-29(24)35-19-21-36(22-20-35)32(37)33(2,23-34)31(28-15-7-9-18-30(28)38-3)27-16-10-13-25-12-5-6-14-26(25)27/h4-18,31H,19-22H2,1-3H3/t31?,33-/m0/s1. The van der Waals surface area contributed by atoms with Gasteiger partial charge in [0.2, 0.25) is 5.91 Å². The minimum atomic E-state index is -1.34. The van der Waals surface area contributed by atoms with Crippen LogP contribution in [0.5, 0.6) is 5.75 Å². The molecule has 0 spiro atoms. The van der Waals surface area contributed by atoms with E-state index >= 15 is 0 Å². The summed E-state index contributed by atoms with van der Waals surface area (Å²) < 4.78 is 5.76. The van der Waals surface area contributed by atoms with Crippen LogP contribution in [0.25, 0.3) is 10.8 Å². The lowest BCUT2D eigenvalue weighted by Crippen LogP contribution is -2.54. The van der Waals surface area contributed by atoms with Crippen LogP contribution in [-0.2, 0) is 4.79 Å². The van der Waals surface area contributed by atoms with Gasteiger partial charge >= 0.3 is 0 Å². The molecule has 2 atom stereocenters. The van der Waals surface area contributed by atoms with Gasteiger partial charge in [-0.05, 0) is 47.9 Å². The SMILES string of the molecule is COc1ccccc1C(c1cccc2ccccc12)[C@](C)(C#N)C(=O)N1CCN(c2ccccc2C)CC1. The summed E-state index contributed by atoms with van der Waals surface area (Å²) in [4.78, 5) is 18.5. The highest BCUT2D eigenvalue weighted by atomic mass is 16.5. The van der Waals surface area contributed by atoms with Crippen LogP contribution in [0.4, 0.5) is 5.69 Å². The fraction of sp³-hybridized carbons (Fsp3) is 0.273. The molecule has 1 heterocycles. The van der Waals surface area contributed by atoms with Gasteiger partial charge < -0.3 is 14.5 Å². The highest BCUT2D eigenvalue weighted by molar-refractivity contribution is 5.91. The summed E-state index contributed by atoms with van der Waals surface area (Å²) in [5.74, 6) is 0.00834. The van der Waals surface area contributed by atoms with E-state index < -0.39 is 11.3 Å². The topological polar surface area (TPSA) is 56.6 Å². The number of amides is 1. The highest BCUT2D eigenvalue weighted by Gasteiger charge is 2.47. The van der Waals surface area contributed by atoms with Crippen molar-refractivity contribution in [1.29, 1.82) is 5.26 Å². The number of benzene rings is 4. The number of fused-ring (bicyclic) bond motifs is 1. The van der Waals surface area contributed by atoms with Crippen LogP contribution in [0.15, 0.2) is 91.0 Å². The van der Waals surface area contributed by atoms with Crippen LogP contribution in [0, 0.1) is 23.7 Å². The van der Waals surface area contributed by atoms with E-state index in [2.05, 4.69) is 54.3 Å². The number of nitriles is 1. The van der Waals surface area contributed by atoms with Gasteiger partial charge in [0.05, 0.1) is 13.2 Å². The molecule has 0 bridgehead atoms. The molecule has 0 aromatic heterocycles. The number of nitrogens with zero attached hydrogens (tertiary/aromatic N) is 3. The van der Waals surface area contributed by atoms with Gasteiger partial charge in [0.25, 0.3) is 0 Å². The second-order valence-electron chi connectivity index (χ2n) is 10.1. The van der Waals surface area contributed by atoms with Crippen molar-refractivity contribution in [3.8, 4) is 11.8 Å². The second kappa shape index (κ2) is 10.6. The molecular formula is C33H33N3O2. The largest absolute Gasteiger partial charge is 0.496 e. The molecule has 0 radical (unpaired) electrons. The first kappa shape index (κ1) is 25.4. The monoisotopic (exact) mass is 503 g/mol. The number of hydrogen-bond acceptors (Lipinski definition) is 4. The molecule has 0 N–H and O–H groups in total. The van der Waals surface area contributed by atoms with Gasteiger partial charge in [0.15, 0.2) is 0 Å². The molecule has 5 heteroatoms. The van der Waals surface area contributed by atoms with Gasteiger partial charge in [-0.3, -0.25) is 4.79 Å². The van der Waals surface area contributed by atoms with E-state index in [1.54, 1.807) is 14.0 Å². The van der Waals surface area contributed by atoms with Crippen molar-refractivity contribution >= 4 is 22.4 Å². The van der Waals surface area contributed by atoms with E-state index in [-0.39, 0.29) is 5.91 Å². The zero-order chi connectivity index (χ0) is 26.7. The molecule has 1 aliphatic rings. The zero-order valence-corrected chi connectivity index (χ0v) is 22.2. The van der Waals surface area contributed by atoms with Crippen molar-refractivity contribution in [2.24, 2.45) is 5.41 Å². The van der Waals surface area contributed by atoms with Gasteiger partial charge in [0.1, 0.15) is 11.2 Å². The molecule has 5 nitrogen and oxygen atoms in total. The summed E-state index contributed by atoms with van der Waals surface area (Å²) in [7, 11) is 1.63. The Morgan fingerprint density at radius 2 is 1.50 bits per heavy atom. The third-order valence-corrected chi connectivity index (χ3v) is 7.86. The summed E-state index contributed by atoms with van der Waals surface area (Å²) in [5.41, 5.74) is 2.86. The average Bonchev–Trinajstić information content (AvgIpc) is 2.97. The number of piperazine rings is 1. The number of carbonyl (C=O) groups is 1. The maximum atomic E-state index is 14.3. The molecule has 0 saturated carbocycles. The molecule has 1 saturated heterocycles. The van der Waals surface area contributed by atoms with Gasteiger partial charge in [0, 0.05) is 43.3 Å². The van der Waals surface area contributed by atoms with E-state index in [1.807, 2.05) is 59.5 Å². The Balaban J connectivity index is 1.55. The summed E-state index contributed by atoms with van der Waals surface area (Å²) in [6.07, 6.45) is 0. The number of ether oxygens (including phenoxy) is 1. The normalized spacial score (nSPS) is 15.9. The lowest BCUT2D eigenvalue weighted by molar-refractivity contribution is -0.139. The quantitative estimate of drug-likeness (QED) is 0.316. The maximum absolute atomic E-state index is 14.3. The van der Waals surface area contributed by atoms with Crippen LogP contribution in [0.1, 0.15) is 29.5 Å². The minimum absolute atomic E-state index is 0.145.